The lowest BCUT2D eigenvalue weighted by Crippen LogP contribution is -2.47. The molecule has 2 aromatic rings. The van der Waals surface area contributed by atoms with Crippen LogP contribution in [0.5, 0.6) is 0 Å². The Balaban J connectivity index is 1.70. The number of halogens is 1. The van der Waals surface area contributed by atoms with Crippen LogP contribution in [0.25, 0.3) is 0 Å². The smallest absolute Gasteiger partial charge is 0.0536 e. The molecule has 2 heterocycles. The number of rotatable bonds is 4. The molecule has 1 N–H and O–H groups in total. The fourth-order valence-electron chi connectivity index (χ4n) is 2.72. The second kappa shape index (κ2) is 6.39. The van der Waals surface area contributed by atoms with E-state index in [1.165, 1.54) is 5.56 Å². The van der Waals surface area contributed by atoms with E-state index in [0.29, 0.717) is 6.04 Å². The van der Waals surface area contributed by atoms with Crippen LogP contribution in [-0.4, -0.2) is 40.9 Å². The van der Waals surface area contributed by atoms with Crippen molar-refractivity contribution in [2.24, 2.45) is 0 Å². The normalized spacial score (nSPS) is 20.1. The Kier molecular flexibility index (Phi) is 4.35. The molecule has 1 atom stereocenters. The van der Waals surface area contributed by atoms with Crippen molar-refractivity contribution in [3.8, 4) is 0 Å². The van der Waals surface area contributed by atoms with Gasteiger partial charge in [0.25, 0.3) is 0 Å². The standard InChI is InChI=1S/C15H19ClN4/c16-14-4-1-3-13(11-14)15-12-17-6-8-19(15)9-10-20-7-2-5-18-20/h1-5,7,11,15,17H,6,8-10,12H2. The van der Waals surface area contributed by atoms with Crippen molar-refractivity contribution in [3.05, 3.63) is 53.3 Å². The second-order valence-electron chi connectivity index (χ2n) is 5.08. The predicted octanol–water partition coefficient (Wildman–Crippen LogP) is 2.18. The molecule has 106 valence electrons. The van der Waals surface area contributed by atoms with Crippen LogP contribution in [0.4, 0.5) is 0 Å². The van der Waals surface area contributed by atoms with Crippen LogP contribution in [0.3, 0.4) is 0 Å². The van der Waals surface area contributed by atoms with Crippen molar-refractivity contribution in [3.63, 3.8) is 0 Å². The summed E-state index contributed by atoms with van der Waals surface area (Å²) < 4.78 is 1.98. The Hall–Kier alpha value is -1.36. The molecule has 3 rings (SSSR count). The molecule has 4 nitrogen and oxygen atoms in total. The molecule has 0 aliphatic carbocycles. The fourth-order valence-corrected chi connectivity index (χ4v) is 2.92. The number of hydrogen-bond donors (Lipinski definition) is 1. The second-order valence-corrected chi connectivity index (χ2v) is 5.52. The molecule has 1 saturated heterocycles. The number of nitrogens with zero attached hydrogens (tertiary/aromatic N) is 3. The van der Waals surface area contributed by atoms with Gasteiger partial charge in [-0.2, -0.15) is 5.10 Å². The van der Waals surface area contributed by atoms with Crippen molar-refractivity contribution in [2.75, 3.05) is 26.2 Å². The molecule has 1 aliphatic heterocycles. The highest BCUT2D eigenvalue weighted by Crippen LogP contribution is 2.24. The summed E-state index contributed by atoms with van der Waals surface area (Å²) >= 11 is 6.12. The minimum atomic E-state index is 0.387. The number of hydrogen-bond acceptors (Lipinski definition) is 3. The third-order valence-corrected chi connectivity index (χ3v) is 4.00. The summed E-state index contributed by atoms with van der Waals surface area (Å²) in [4.78, 5) is 2.50. The van der Waals surface area contributed by atoms with Gasteiger partial charge in [-0.05, 0) is 23.8 Å². The van der Waals surface area contributed by atoms with Gasteiger partial charge < -0.3 is 5.32 Å². The first-order valence-corrected chi connectivity index (χ1v) is 7.38. The van der Waals surface area contributed by atoms with Gasteiger partial charge in [-0.3, -0.25) is 9.58 Å². The Morgan fingerprint density at radius 2 is 2.25 bits per heavy atom. The average Bonchev–Trinajstić information content (AvgIpc) is 2.99. The van der Waals surface area contributed by atoms with Crippen LogP contribution < -0.4 is 5.32 Å². The van der Waals surface area contributed by atoms with Crippen LogP contribution in [-0.2, 0) is 6.54 Å². The van der Waals surface area contributed by atoms with Crippen molar-refractivity contribution in [1.29, 1.82) is 0 Å². The minimum absolute atomic E-state index is 0.387. The Morgan fingerprint density at radius 3 is 3.05 bits per heavy atom. The number of aromatic nitrogens is 2. The molecular weight excluding hydrogens is 272 g/mol. The Bertz CT molecular complexity index is 541. The Morgan fingerprint density at radius 1 is 1.30 bits per heavy atom. The predicted molar refractivity (Wildman–Crippen MR) is 80.9 cm³/mol. The maximum atomic E-state index is 6.12. The van der Waals surface area contributed by atoms with Crippen molar-refractivity contribution >= 4 is 11.6 Å². The van der Waals surface area contributed by atoms with E-state index in [1.54, 1.807) is 0 Å². The van der Waals surface area contributed by atoms with Crippen LogP contribution in [0.15, 0.2) is 42.7 Å². The highest BCUT2D eigenvalue weighted by molar-refractivity contribution is 6.30. The van der Waals surface area contributed by atoms with E-state index in [0.717, 1.165) is 37.7 Å². The van der Waals surface area contributed by atoms with E-state index in [4.69, 9.17) is 11.6 Å². The molecule has 0 spiro atoms. The van der Waals surface area contributed by atoms with Gasteiger partial charge in [0.1, 0.15) is 0 Å². The number of nitrogens with one attached hydrogen (secondary N) is 1. The summed E-state index contributed by atoms with van der Waals surface area (Å²) in [6, 6.07) is 10.5. The van der Waals surface area contributed by atoms with Gasteiger partial charge in [0.2, 0.25) is 0 Å². The third-order valence-electron chi connectivity index (χ3n) is 3.76. The van der Waals surface area contributed by atoms with E-state index in [-0.39, 0.29) is 0 Å². The van der Waals surface area contributed by atoms with Crippen molar-refractivity contribution < 1.29 is 0 Å². The zero-order chi connectivity index (χ0) is 13.8. The summed E-state index contributed by atoms with van der Waals surface area (Å²) in [6.07, 6.45) is 3.84. The van der Waals surface area contributed by atoms with E-state index in [1.807, 2.05) is 35.3 Å². The van der Waals surface area contributed by atoms with Gasteiger partial charge in [-0.1, -0.05) is 23.7 Å². The molecule has 1 aromatic heterocycles. The molecule has 1 aromatic carbocycles. The van der Waals surface area contributed by atoms with E-state index >= 15 is 0 Å². The molecule has 1 aliphatic rings. The Labute approximate surface area is 124 Å². The van der Waals surface area contributed by atoms with E-state index < -0.39 is 0 Å². The monoisotopic (exact) mass is 290 g/mol. The lowest BCUT2D eigenvalue weighted by atomic mass is 10.0. The quantitative estimate of drug-likeness (QED) is 0.937. The van der Waals surface area contributed by atoms with E-state index in [2.05, 4.69) is 27.4 Å². The van der Waals surface area contributed by atoms with Crippen molar-refractivity contribution in [1.82, 2.24) is 20.0 Å². The molecular formula is C15H19ClN4. The van der Waals surface area contributed by atoms with Gasteiger partial charge >= 0.3 is 0 Å². The van der Waals surface area contributed by atoms with Crippen LogP contribution in [0.2, 0.25) is 5.02 Å². The van der Waals surface area contributed by atoms with E-state index in [9.17, 15) is 0 Å². The van der Waals surface area contributed by atoms with Gasteiger partial charge in [0.15, 0.2) is 0 Å². The summed E-state index contributed by atoms with van der Waals surface area (Å²) in [7, 11) is 0. The van der Waals surface area contributed by atoms with Gasteiger partial charge in [-0.15, -0.1) is 0 Å². The zero-order valence-corrected chi connectivity index (χ0v) is 12.1. The summed E-state index contributed by atoms with van der Waals surface area (Å²) in [6.45, 7) is 4.98. The molecule has 1 fully saturated rings. The number of piperazine rings is 1. The fraction of sp³-hybridized carbons (Fsp3) is 0.400. The summed E-state index contributed by atoms with van der Waals surface area (Å²) in [5, 5.41) is 8.54. The highest BCUT2D eigenvalue weighted by atomic mass is 35.5. The third kappa shape index (κ3) is 3.20. The number of benzene rings is 1. The van der Waals surface area contributed by atoms with Crippen LogP contribution in [0, 0.1) is 0 Å². The van der Waals surface area contributed by atoms with Crippen LogP contribution in [0.1, 0.15) is 11.6 Å². The first-order chi connectivity index (χ1) is 9.83. The highest BCUT2D eigenvalue weighted by Gasteiger charge is 2.23. The summed E-state index contributed by atoms with van der Waals surface area (Å²) in [5.41, 5.74) is 1.28. The first-order valence-electron chi connectivity index (χ1n) is 7.00. The first kappa shape index (κ1) is 13.6. The molecule has 0 saturated carbocycles. The largest absolute Gasteiger partial charge is 0.314 e. The lowest BCUT2D eigenvalue weighted by molar-refractivity contribution is 0.154. The van der Waals surface area contributed by atoms with Gasteiger partial charge in [0, 0.05) is 49.6 Å². The zero-order valence-electron chi connectivity index (χ0n) is 11.4. The molecule has 5 heteroatoms. The van der Waals surface area contributed by atoms with Gasteiger partial charge in [0.05, 0.1) is 6.54 Å². The topological polar surface area (TPSA) is 33.1 Å². The maximum Gasteiger partial charge on any atom is 0.0536 e. The van der Waals surface area contributed by atoms with Crippen molar-refractivity contribution in [2.45, 2.75) is 12.6 Å². The summed E-state index contributed by atoms with van der Waals surface area (Å²) in [5.74, 6) is 0. The minimum Gasteiger partial charge on any atom is -0.314 e. The molecule has 0 bridgehead atoms. The maximum absolute atomic E-state index is 6.12. The molecule has 0 amide bonds. The average molecular weight is 291 g/mol. The van der Waals surface area contributed by atoms with Gasteiger partial charge in [-0.25, -0.2) is 0 Å². The molecule has 20 heavy (non-hydrogen) atoms. The molecule has 1 unspecified atom stereocenters. The lowest BCUT2D eigenvalue weighted by Gasteiger charge is -2.36. The SMILES string of the molecule is Clc1cccc(C2CNCCN2CCn2cccn2)c1. The van der Waals surface area contributed by atoms with Crippen LogP contribution >= 0.6 is 11.6 Å². The molecule has 0 radical (unpaired) electrons.